The van der Waals surface area contributed by atoms with Gasteiger partial charge in [0, 0.05) is 0 Å². The molecule has 3 N–H and O–H groups in total. The highest BCUT2D eigenvalue weighted by Gasteiger charge is 1.15. The fourth-order valence-corrected chi connectivity index (χ4v) is 0. The summed E-state index contributed by atoms with van der Waals surface area (Å²) in [6, 6.07) is 0. The molecule has 0 spiro atoms. The Labute approximate surface area is 85.1 Å². The first-order chi connectivity index (χ1) is 5.66. The van der Waals surface area contributed by atoms with Crippen LogP contribution in [-0.4, -0.2) is 0 Å². The molecule has 0 unspecified atom stereocenters. The first kappa shape index (κ1) is 29.7. The predicted molar refractivity (Wildman–Crippen MR) is 68.5 cm³/mol. The summed E-state index contributed by atoms with van der Waals surface area (Å²) in [6.45, 7) is 21.0. The summed E-state index contributed by atoms with van der Waals surface area (Å²) in [5.41, 5.74) is 0. The van der Waals surface area contributed by atoms with Crippen molar-refractivity contribution in [1.29, 1.82) is 0 Å². The molecule has 0 saturated heterocycles. The molecule has 0 aromatic carbocycles. The lowest BCUT2D eigenvalue weighted by Gasteiger charge is -1.31. The van der Waals surface area contributed by atoms with Gasteiger partial charge in [0.05, 0.1) is 0 Å². The van der Waals surface area contributed by atoms with Crippen LogP contribution in [0.15, 0.2) is 50.6 Å². The molecule has 0 atom stereocenters. The summed E-state index contributed by atoms with van der Waals surface area (Å²) >= 11 is 0. The Balaban J connectivity index is -0.0000000213. The van der Waals surface area contributed by atoms with E-state index in [1.54, 1.807) is 24.3 Å². The van der Waals surface area contributed by atoms with Crippen molar-refractivity contribution in [2.75, 3.05) is 0 Å². The van der Waals surface area contributed by atoms with E-state index in [4.69, 9.17) is 0 Å². The van der Waals surface area contributed by atoms with Gasteiger partial charge >= 0.3 is 0 Å². The van der Waals surface area contributed by atoms with Gasteiger partial charge in [0.15, 0.2) is 0 Å². The molecule has 0 aliphatic rings. The van der Waals surface area contributed by atoms with Crippen LogP contribution in [0.4, 0.5) is 0 Å². The third-order valence-electron chi connectivity index (χ3n) is 0. The van der Waals surface area contributed by atoms with Crippen LogP contribution in [0, 0.1) is 0 Å². The van der Waals surface area contributed by atoms with Gasteiger partial charge in [-0.2, -0.15) is 0 Å². The SMILES string of the molecule is C=CC.C=CC.C=CC.C=CC.N. The van der Waals surface area contributed by atoms with Crippen molar-refractivity contribution in [2.45, 2.75) is 27.7 Å². The van der Waals surface area contributed by atoms with Gasteiger partial charge in [0.1, 0.15) is 0 Å². The lowest BCUT2D eigenvalue weighted by molar-refractivity contribution is 1.80. The molecular weight excluding hydrogens is 158 g/mol. The number of allylic oxidation sites excluding steroid dienone is 4. The van der Waals surface area contributed by atoms with Crippen molar-refractivity contribution >= 4 is 0 Å². The maximum atomic E-state index is 3.36. The van der Waals surface area contributed by atoms with E-state index < -0.39 is 0 Å². The molecule has 0 radical (unpaired) electrons. The maximum absolute atomic E-state index is 3.36. The Bertz CT molecular complexity index is 59.1. The topological polar surface area (TPSA) is 35.0 Å². The van der Waals surface area contributed by atoms with Crippen LogP contribution in [0.25, 0.3) is 0 Å². The molecule has 0 aromatic rings. The average Bonchev–Trinajstić information content (AvgIpc) is 1.92. The summed E-state index contributed by atoms with van der Waals surface area (Å²) in [5.74, 6) is 0. The zero-order valence-electron chi connectivity index (χ0n) is 9.84. The molecule has 0 bridgehead atoms. The van der Waals surface area contributed by atoms with E-state index in [2.05, 4.69) is 26.3 Å². The minimum Gasteiger partial charge on any atom is -0.344 e. The van der Waals surface area contributed by atoms with E-state index in [1.807, 2.05) is 27.7 Å². The molecule has 0 amide bonds. The van der Waals surface area contributed by atoms with Gasteiger partial charge in [-0.3, -0.25) is 0 Å². The lowest BCUT2D eigenvalue weighted by atomic mass is 10.8. The smallest absolute Gasteiger partial charge is 0.0473 e. The summed E-state index contributed by atoms with van der Waals surface area (Å²) < 4.78 is 0. The molecule has 80 valence electrons. The molecule has 0 saturated carbocycles. The maximum Gasteiger partial charge on any atom is -0.0473 e. The Morgan fingerprint density at radius 1 is 0.538 bits per heavy atom. The van der Waals surface area contributed by atoms with Crippen molar-refractivity contribution in [2.24, 2.45) is 0 Å². The number of rotatable bonds is 0. The standard InChI is InChI=1S/4C3H6.H3N/c4*1-3-2;/h4*3H,1H2,2H3;1H3. The number of hydrogen-bond donors (Lipinski definition) is 1. The Kier molecular flexibility index (Phi) is 288. The first-order valence-electron chi connectivity index (χ1n) is 3.94. The highest BCUT2D eigenvalue weighted by molar-refractivity contribution is 4.52. The van der Waals surface area contributed by atoms with E-state index >= 15 is 0 Å². The van der Waals surface area contributed by atoms with Gasteiger partial charge in [-0.25, -0.2) is 0 Å². The largest absolute Gasteiger partial charge is 0.344 e. The van der Waals surface area contributed by atoms with E-state index in [9.17, 15) is 0 Å². The molecule has 1 heteroatoms. The molecule has 0 fully saturated rings. The van der Waals surface area contributed by atoms with Gasteiger partial charge < -0.3 is 6.15 Å². The second-order valence-electron chi connectivity index (χ2n) is 1.63. The van der Waals surface area contributed by atoms with Crippen LogP contribution in [0.5, 0.6) is 0 Å². The normalized spacial score (nSPS) is 4.00. The minimum atomic E-state index is 0. The Morgan fingerprint density at radius 2 is 0.538 bits per heavy atom. The van der Waals surface area contributed by atoms with Crippen molar-refractivity contribution in [3.05, 3.63) is 50.6 Å². The quantitative estimate of drug-likeness (QED) is 0.533. The Hall–Kier alpha value is -1.08. The second kappa shape index (κ2) is 126. The molecular formula is C12H27N. The third-order valence-corrected chi connectivity index (χ3v) is 0. The average molecular weight is 185 g/mol. The van der Waals surface area contributed by atoms with Crippen molar-refractivity contribution in [1.82, 2.24) is 6.15 Å². The third kappa shape index (κ3) is 745. The van der Waals surface area contributed by atoms with Gasteiger partial charge in [0.2, 0.25) is 0 Å². The second-order valence-corrected chi connectivity index (χ2v) is 1.63. The zero-order valence-corrected chi connectivity index (χ0v) is 9.84. The van der Waals surface area contributed by atoms with Crippen LogP contribution in [-0.2, 0) is 0 Å². The molecule has 0 aliphatic carbocycles. The fraction of sp³-hybridized carbons (Fsp3) is 0.333. The van der Waals surface area contributed by atoms with Gasteiger partial charge in [-0.15, -0.1) is 26.3 Å². The van der Waals surface area contributed by atoms with Crippen molar-refractivity contribution in [3.8, 4) is 0 Å². The van der Waals surface area contributed by atoms with Gasteiger partial charge in [-0.05, 0) is 27.7 Å². The van der Waals surface area contributed by atoms with E-state index in [1.165, 1.54) is 0 Å². The Morgan fingerprint density at radius 3 is 0.538 bits per heavy atom. The van der Waals surface area contributed by atoms with E-state index in [-0.39, 0.29) is 6.15 Å². The lowest BCUT2D eigenvalue weighted by Crippen LogP contribution is -1.07. The zero-order chi connectivity index (χ0) is 10.8. The van der Waals surface area contributed by atoms with Crippen LogP contribution < -0.4 is 6.15 Å². The molecule has 0 rings (SSSR count). The summed E-state index contributed by atoms with van der Waals surface area (Å²) in [4.78, 5) is 0. The van der Waals surface area contributed by atoms with Gasteiger partial charge in [0.25, 0.3) is 0 Å². The van der Waals surface area contributed by atoms with Crippen molar-refractivity contribution < 1.29 is 0 Å². The van der Waals surface area contributed by atoms with E-state index in [0.717, 1.165) is 0 Å². The predicted octanol–water partition coefficient (Wildman–Crippen LogP) is 4.93. The highest BCUT2D eigenvalue weighted by Crippen LogP contribution is 1.39. The van der Waals surface area contributed by atoms with Crippen LogP contribution in [0.2, 0.25) is 0 Å². The van der Waals surface area contributed by atoms with Crippen LogP contribution in [0.1, 0.15) is 27.7 Å². The highest BCUT2D eigenvalue weighted by atomic mass is 14.0. The molecule has 0 aliphatic heterocycles. The molecule has 0 aromatic heterocycles. The summed E-state index contributed by atoms with van der Waals surface area (Å²) in [6.07, 6.45) is 7.00. The molecule has 13 heavy (non-hydrogen) atoms. The van der Waals surface area contributed by atoms with Crippen molar-refractivity contribution in [3.63, 3.8) is 0 Å². The van der Waals surface area contributed by atoms with Gasteiger partial charge in [-0.1, -0.05) is 24.3 Å². The number of hydrogen-bond acceptors (Lipinski definition) is 1. The van der Waals surface area contributed by atoms with Crippen LogP contribution >= 0.6 is 0 Å². The first-order valence-corrected chi connectivity index (χ1v) is 3.94. The summed E-state index contributed by atoms with van der Waals surface area (Å²) in [5, 5.41) is 0. The van der Waals surface area contributed by atoms with E-state index in [0.29, 0.717) is 0 Å². The minimum absolute atomic E-state index is 0. The summed E-state index contributed by atoms with van der Waals surface area (Å²) in [7, 11) is 0. The monoisotopic (exact) mass is 185 g/mol. The molecule has 0 heterocycles. The molecule has 1 nitrogen and oxygen atoms in total. The fourth-order valence-electron chi connectivity index (χ4n) is 0. The van der Waals surface area contributed by atoms with Crippen LogP contribution in [0.3, 0.4) is 0 Å².